The second-order valence-corrected chi connectivity index (χ2v) is 17.5. The molecule has 1 aromatic rings. The predicted octanol–water partition coefficient (Wildman–Crippen LogP) is -3.76. The number of hydrogen-bond donors (Lipinski definition) is 15. The summed E-state index contributed by atoms with van der Waals surface area (Å²) in [5, 5.41) is 51.2. The number of aliphatic hydroxyl groups excluding tert-OH is 1. The maximum atomic E-state index is 14.1. The highest BCUT2D eigenvalue weighted by Gasteiger charge is 2.38. The van der Waals surface area contributed by atoms with Crippen LogP contribution in [0.3, 0.4) is 0 Å². The largest absolute Gasteiger partial charge is 0.481 e. The number of aliphatic carboxylic acids is 2. The van der Waals surface area contributed by atoms with Gasteiger partial charge < -0.3 is 68.9 Å². The second-order valence-electron chi connectivity index (χ2n) is 16.7. The molecule has 384 valence electrons. The van der Waals surface area contributed by atoms with Crippen LogP contribution in [0.15, 0.2) is 30.3 Å². The number of nitrogens with two attached hydrogens (primary N) is 1. The first-order valence-electron chi connectivity index (χ1n) is 22.3. The molecule has 0 spiro atoms. The first-order valence-corrected chi connectivity index (χ1v) is 23.6. The average molecular weight is 1010 g/mol. The van der Waals surface area contributed by atoms with Crippen LogP contribution >= 0.6 is 25.3 Å². The lowest BCUT2D eigenvalue weighted by Crippen LogP contribution is -2.62. The number of carbonyl (C=O) groups excluding carboxylic acids is 9. The first-order chi connectivity index (χ1) is 32.6. The molecule has 9 amide bonds. The van der Waals surface area contributed by atoms with Gasteiger partial charge in [-0.25, -0.2) is 0 Å². The molecule has 0 radical (unpaired) electrons. The van der Waals surface area contributed by atoms with Crippen molar-refractivity contribution in [2.75, 3.05) is 24.7 Å². The van der Waals surface area contributed by atoms with Gasteiger partial charge in [0.05, 0.1) is 19.4 Å². The van der Waals surface area contributed by atoms with Gasteiger partial charge in [0.1, 0.15) is 54.4 Å². The molecule has 0 bridgehead atoms. The summed E-state index contributed by atoms with van der Waals surface area (Å²) in [6, 6.07) is -5.98. The zero-order valence-corrected chi connectivity index (χ0v) is 40.6. The molecule has 14 N–H and O–H groups in total. The molecule has 10 atom stereocenters. The number of carboxylic acid groups (broad SMARTS) is 2. The molecule has 1 aliphatic rings. The molecule has 2 rings (SSSR count). The number of nitrogens with one attached hydrogen (secondary N) is 9. The number of thiol groups is 2. The zero-order valence-electron chi connectivity index (χ0n) is 38.8. The van der Waals surface area contributed by atoms with Crippen molar-refractivity contribution >= 4 is 90.4 Å². The van der Waals surface area contributed by atoms with Crippen LogP contribution in [0.25, 0.3) is 0 Å². The summed E-state index contributed by atoms with van der Waals surface area (Å²) in [6.07, 6.45) is -1.70. The van der Waals surface area contributed by atoms with Crippen molar-refractivity contribution in [2.24, 2.45) is 17.6 Å². The Hall–Kier alpha value is -5.99. The van der Waals surface area contributed by atoms with Gasteiger partial charge in [0, 0.05) is 17.9 Å². The smallest absolute Gasteiger partial charge is 0.305 e. The van der Waals surface area contributed by atoms with E-state index in [1.807, 2.05) is 0 Å². The average Bonchev–Trinajstić information content (AvgIpc) is 3.30. The van der Waals surface area contributed by atoms with Crippen LogP contribution in [0.2, 0.25) is 0 Å². The molecule has 24 nitrogen and oxygen atoms in total. The Morgan fingerprint density at radius 1 is 0.551 bits per heavy atom. The van der Waals surface area contributed by atoms with Crippen molar-refractivity contribution < 1.29 is 68.1 Å². The number of rotatable bonds is 16. The quantitative estimate of drug-likeness (QED) is 0.0559. The number of carboxylic acids is 2. The summed E-state index contributed by atoms with van der Waals surface area (Å²) in [4.78, 5) is 148. The topological polar surface area (TPSA) is 383 Å². The van der Waals surface area contributed by atoms with Gasteiger partial charge in [-0.15, -0.1) is 0 Å². The summed E-state index contributed by atoms with van der Waals surface area (Å²) in [7, 11) is 0. The summed E-state index contributed by atoms with van der Waals surface area (Å²) in [5.41, 5.74) is 6.20. The molecular weight excluding hydrogens is 945 g/mol. The number of amides is 9. The van der Waals surface area contributed by atoms with Crippen molar-refractivity contribution in [3.63, 3.8) is 0 Å². The molecule has 0 aromatic heterocycles. The Bertz CT molecular complexity index is 1980. The Balaban J connectivity index is 2.78. The minimum Gasteiger partial charge on any atom is -0.481 e. The molecule has 1 heterocycles. The Labute approximate surface area is 410 Å². The standard InChI is InChI=1S/C43H66N10O14S2/c1-5-22(4)34-43(67)48-27(17-32(57)58)37(61)47-26(16-31(55)56)36(60)45-24(13-9-10-14-44)35(59)49-28(18-54)39(63)50-30(20-69)41(65)51-29(19-68)40(64)46-25(15-23-11-7-6-8-12-23)38(62)52-33(21(2)3)42(66)53-34/h6-8,11-12,21-22,24-30,33-34,54,68-69H,5,9-10,13-20,44H2,1-4H3,(H,45,60)(H,46,64)(H,47,61)(H,48,67)(H,49,59)(H,50,63)(H,51,65)(H,52,62)(H,53,66)(H,55,56)(H,57,58)/t22-,24-,25-,26-,27-,28-,29-,30-,33-,34-/m0/s1. The normalized spacial score (nSPS) is 26.0. The van der Waals surface area contributed by atoms with Crippen LogP contribution in [0, 0.1) is 11.8 Å². The summed E-state index contributed by atoms with van der Waals surface area (Å²) in [5.74, 6) is -14.7. The van der Waals surface area contributed by atoms with E-state index in [-0.39, 0.29) is 43.7 Å². The van der Waals surface area contributed by atoms with Gasteiger partial charge >= 0.3 is 11.9 Å². The van der Waals surface area contributed by atoms with Crippen LogP contribution in [-0.2, 0) is 59.2 Å². The van der Waals surface area contributed by atoms with Crippen molar-refractivity contribution in [2.45, 2.75) is 127 Å². The minimum absolute atomic E-state index is 0.116. The van der Waals surface area contributed by atoms with Crippen molar-refractivity contribution in [3.05, 3.63) is 35.9 Å². The molecule has 26 heteroatoms. The maximum absolute atomic E-state index is 14.1. The van der Waals surface area contributed by atoms with Crippen LogP contribution in [-0.4, -0.2) is 159 Å². The summed E-state index contributed by atoms with van der Waals surface area (Å²) < 4.78 is 0. The Morgan fingerprint density at radius 3 is 1.41 bits per heavy atom. The highest BCUT2D eigenvalue weighted by atomic mass is 32.1. The molecule has 1 saturated heterocycles. The summed E-state index contributed by atoms with van der Waals surface area (Å²) >= 11 is 8.37. The summed E-state index contributed by atoms with van der Waals surface area (Å²) in [6.45, 7) is 5.54. The Morgan fingerprint density at radius 2 is 0.942 bits per heavy atom. The van der Waals surface area contributed by atoms with Gasteiger partial charge in [-0.3, -0.25) is 52.7 Å². The highest BCUT2D eigenvalue weighted by molar-refractivity contribution is 7.80. The molecule has 0 aliphatic carbocycles. The molecule has 1 aliphatic heterocycles. The number of hydrogen-bond acceptors (Lipinski definition) is 15. The van der Waals surface area contributed by atoms with Gasteiger partial charge in [-0.2, -0.15) is 25.3 Å². The zero-order chi connectivity index (χ0) is 52.0. The fourth-order valence-corrected chi connectivity index (χ4v) is 7.31. The van der Waals surface area contributed by atoms with Gasteiger partial charge in [-0.05, 0) is 43.2 Å². The van der Waals surface area contributed by atoms with E-state index in [0.29, 0.717) is 12.0 Å². The number of carbonyl (C=O) groups is 11. The second kappa shape index (κ2) is 29.8. The SMILES string of the molecule is CC[C@H](C)[C@@H]1NC(=O)[C@H](C(C)C)NC(=O)[C@H](Cc2ccccc2)NC(=O)[C@H](CS)NC(=O)[C@H](CS)NC(=O)[C@H](CO)NC(=O)[C@H](CCCCN)NC(=O)[C@H](CC(=O)O)NC(=O)[C@H](CC(=O)O)NC1=O. The van der Waals surface area contributed by atoms with E-state index < -0.39 is 151 Å². The Kier molecular flexibility index (Phi) is 25.5. The molecule has 69 heavy (non-hydrogen) atoms. The van der Waals surface area contributed by atoms with E-state index in [4.69, 9.17) is 5.73 Å². The van der Waals surface area contributed by atoms with E-state index in [1.54, 1.807) is 58.0 Å². The maximum Gasteiger partial charge on any atom is 0.305 e. The van der Waals surface area contributed by atoms with Crippen LogP contribution in [0.5, 0.6) is 0 Å². The molecule has 0 saturated carbocycles. The fraction of sp³-hybridized carbons (Fsp3) is 0.605. The van der Waals surface area contributed by atoms with Crippen molar-refractivity contribution in [1.82, 2.24) is 47.9 Å². The van der Waals surface area contributed by atoms with E-state index in [2.05, 4.69) is 73.1 Å². The number of benzene rings is 1. The van der Waals surface area contributed by atoms with Crippen LogP contribution in [0.1, 0.15) is 71.8 Å². The third-order valence-corrected chi connectivity index (χ3v) is 11.7. The highest BCUT2D eigenvalue weighted by Crippen LogP contribution is 2.13. The van der Waals surface area contributed by atoms with Gasteiger partial charge in [0.15, 0.2) is 0 Å². The lowest BCUT2D eigenvalue weighted by Gasteiger charge is -2.30. The number of aliphatic hydroxyl groups is 1. The van der Waals surface area contributed by atoms with E-state index in [0.717, 1.165) is 0 Å². The van der Waals surface area contributed by atoms with Gasteiger partial charge in [0.2, 0.25) is 53.2 Å². The van der Waals surface area contributed by atoms with E-state index >= 15 is 0 Å². The van der Waals surface area contributed by atoms with Crippen LogP contribution < -0.4 is 53.6 Å². The third kappa shape index (κ3) is 19.5. The molecule has 1 aromatic carbocycles. The third-order valence-electron chi connectivity index (χ3n) is 11.0. The minimum atomic E-state index is -1.99. The lowest BCUT2D eigenvalue weighted by molar-refractivity contribution is -0.144. The van der Waals surface area contributed by atoms with E-state index in [1.165, 1.54) is 0 Å². The molecular formula is C43H66N10O14S2. The first kappa shape index (κ1) is 59.1. The monoisotopic (exact) mass is 1010 g/mol. The van der Waals surface area contributed by atoms with E-state index in [9.17, 15) is 68.1 Å². The van der Waals surface area contributed by atoms with Gasteiger partial charge in [0.25, 0.3) is 0 Å². The van der Waals surface area contributed by atoms with Crippen molar-refractivity contribution in [3.8, 4) is 0 Å². The van der Waals surface area contributed by atoms with Crippen LogP contribution in [0.4, 0.5) is 0 Å². The van der Waals surface area contributed by atoms with Gasteiger partial charge in [-0.1, -0.05) is 64.4 Å². The van der Waals surface area contributed by atoms with Crippen molar-refractivity contribution in [1.29, 1.82) is 0 Å². The lowest BCUT2D eigenvalue weighted by atomic mass is 9.95. The molecule has 0 unspecified atom stereocenters. The predicted molar refractivity (Wildman–Crippen MR) is 254 cm³/mol. The molecule has 1 fully saturated rings. The number of unbranched alkanes of at least 4 members (excludes halogenated alkanes) is 1. The fourth-order valence-electron chi connectivity index (χ4n) is 6.80.